The fraction of sp³-hybridized carbons (Fsp3) is 0.647. The molecule has 112 valence electrons. The third-order valence-electron chi connectivity index (χ3n) is 7.24. The zero-order valence-electron chi connectivity index (χ0n) is 15.5. The highest BCUT2D eigenvalue weighted by Gasteiger charge is 2.57. The van der Waals surface area contributed by atoms with Crippen LogP contribution in [-0.4, -0.2) is 30.1 Å². The molecule has 0 heterocycles. The molecule has 2 rings (SSSR count). The summed E-state index contributed by atoms with van der Waals surface area (Å²) in [6.45, 7) is 15.3. The highest BCUT2D eigenvalue weighted by atomic mass is 14.6. The van der Waals surface area contributed by atoms with E-state index >= 15 is 0 Å². The van der Waals surface area contributed by atoms with Gasteiger partial charge in [0.2, 0.25) is 0 Å². The molecule has 1 aromatic carbocycles. The molecule has 0 atom stereocenters. The molecule has 21 heavy (non-hydrogen) atoms. The second kappa shape index (κ2) is 4.68. The Morgan fingerprint density at radius 2 is 1.19 bits per heavy atom. The Morgan fingerprint density at radius 1 is 0.762 bits per heavy atom. The molecule has 2 N–H and O–H groups in total. The maximum absolute atomic E-state index is 5.87. The molecule has 4 heteroatoms. The molecule has 0 bridgehead atoms. The zero-order valence-corrected chi connectivity index (χ0v) is 15.5. The van der Waals surface area contributed by atoms with Crippen molar-refractivity contribution in [3.63, 3.8) is 0 Å². The molecule has 0 saturated heterocycles. The average Bonchev–Trinajstić information content (AvgIpc) is 2.47. The Labute approximate surface area is 133 Å². The van der Waals surface area contributed by atoms with Gasteiger partial charge in [-0.05, 0) is 40.3 Å². The lowest BCUT2D eigenvalue weighted by molar-refractivity contribution is 0.125. The van der Waals surface area contributed by atoms with E-state index in [9.17, 15) is 0 Å². The van der Waals surface area contributed by atoms with E-state index in [1.54, 1.807) is 11.1 Å². The molecular weight excluding hydrogens is 251 g/mol. The van der Waals surface area contributed by atoms with E-state index in [1.807, 2.05) is 0 Å². The summed E-state index contributed by atoms with van der Waals surface area (Å²) in [7, 11) is 6.91. The van der Waals surface area contributed by atoms with Crippen molar-refractivity contribution in [1.29, 1.82) is 0 Å². The van der Waals surface area contributed by atoms with E-state index in [2.05, 4.69) is 65.1 Å². The molecule has 0 amide bonds. The second-order valence-corrected chi connectivity index (χ2v) is 8.52. The Kier molecular flexibility index (Phi) is 3.73. The maximum Gasteiger partial charge on any atom is 0.140 e. The molecule has 0 aliphatic heterocycles. The maximum atomic E-state index is 5.87. The minimum absolute atomic E-state index is 0.178. The standard InChI is InChI=1S/C17H30B3N/c1-15(2)10-11(16(3,4)17(15,5)6)14(20)13(19)9(7-8-21)12(10)18/h7-8,18-21H2,1-6H3. The van der Waals surface area contributed by atoms with Gasteiger partial charge in [-0.2, -0.15) is 0 Å². The molecule has 0 fully saturated rings. The van der Waals surface area contributed by atoms with Crippen LogP contribution < -0.4 is 22.1 Å². The van der Waals surface area contributed by atoms with Gasteiger partial charge in [-0.1, -0.05) is 63.5 Å². The van der Waals surface area contributed by atoms with E-state index < -0.39 is 0 Å². The molecule has 0 aromatic heterocycles. The number of benzene rings is 1. The largest absolute Gasteiger partial charge is 0.330 e. The van der Waals surface area contributed by atoms with Crippen LogP contribution >= 0.6 is 0 Å². The first kappa shape index (κ1) is 16.7. The topological polar surface area (TPSA) is 26.0 Å². The first-order valence-corrected chi connectivity index (χ1v) is 8.26. The molecule has 0 unspecified atom stereocenters. The van der Waals surface area contributed by atoms with Crippen LogP contribution in [-0.2, 0) is 17.3 Å². The summed E-state index contributed by atoms with van der Waals surface area (Å²) in [5.41, 5.74) is 15.6. The Morgan fingerprint density at radius 3 is 1.62 bits per heavy atom. The van der Waals surface area contributed by atoms with Crippen LogP contribution in [0.15, 0.2) is 0 Å². The molecule has 1 aliphatic carbocycles. The third kappa shape index (κ3) is 1.84. The van der Waals surface area contributed by atoms with E-state index in [0.29, 0.717) is 0 Å². The van der Waals surface area contributed by atoms with Gasteiger partial charge < -0.3 is 5.73 Å². The molecule has 1 aromatic rings. The quantitative estimate of drug-likeness (QED) is 0.660. The Balaban J connectivity index is 2.95. The SMILES string of the molecule is Bc1c(B)c2c(c(B)c1CCN)C(C)(C)C(C)(C)C2(C)C. The molecule has 1 nitrogen and oxygen atoms in total. The van der Waals surface area contributed by atoms with Gasteiger partial charge in [-0.25, -0.2) is 0 Å². The highest BCUT2D eigenvalue weighted by Crippen LogP contribution is 2.60. The smallest absolute Gasteiger partial charge is 0.140 e. The van der Waals surface area contributed by atoms with Gasteiger partial charge in [0.1, 0.15) is 23.5 Å². The zero-order chi connectivity index (χ0) is 16.4. The van der Waals surface area contributed by atoms with Crippen molar-refractivity contribution in [2.24, 2.45) is 11.1 Å². The lowest BCUT2D eigenvalue weighted by Crippen LogP contribution is -2.44. The van der Waals surface area contributed by atoms with E-state index in [4.69, 9.17) is 5.73 Å². The predicted octanol–water partition coefficient (Wildman–Crippen LogP) is -1.44. The highest BCUT2D eigenvalue weighted by molar-refractivity contribution is 6.52. The first-order valence-electron chi connectivity index (χ1n) is 8.26. The minimum atomic E-state index is 0.178. The third-order valence-corrected chi connectivity index (χ3v) is 7.24. The van der Waals surface area contributed by atoms with E-state index in [0.717, 1.165) is 13.0 Å². The van der Waals surface area contributed by atoms with Crippen molar-refractivity contribution in [3.05, 3.63) is 16.7 Å². The number of fused-ring (bicyclic) bond motifs is 1. The fourth-order valence-corrected chi connectivity index (χ4v) is 4.71. The van der Waals surface area contributed by atoms with Gasteiger partial charge in [0.15, 0.2) is 0 Å². The van der Waals surface area contributed by atoms with Crippen LogP contribution in [0.1, 0.15) is 58.2 Å². The van der Waals surface area contributed by atoms with Gasteiger partial charge in [0, 0.05) is 0 Å². The average molecular weight is 281 g/mol. The van der Waals surface area contributed by atoms with Crippen LogP contribution in [0, 0.1) is 5.41 Å². The number of hydrogen-bond acceptors (Lipinski definition) is 1. The summed E-state index contributed by atoms with van der Waals surface area (Å²) in [6, 6.07) is 0. The fourth-order valence-electron chi connectivity index (χ4n) is 4.71. The molecule has 0 saturated carbocycles. The summed E-state index contributed by atoms with van der Waals surface area (Å²) in [6.07, 6.45) is 0.989. The minimum Gasteiger partial charge on any atom is -0.330 e. The molecule has 1 aliphatic rings. The predicted molar refractivity (Wildman–Crippen MR) is 104 cm³/mol. The summed E-state index contributed by atoms with van der Waals surface area (Å²) in [5.74, 6) is 0. The summed E-state index contributed by atoms with van der Waals surface area (Å²) >= 11 is 0. The van der Waals surface area contributed by atoms with Crippen LogP contribution in [0.3, 0.4) is 0 Å². The van der Waals surface area contributed by atoms with Gasteiger partial charge in [-0.15, -0.1) is 0 Å². The van der Waals surface area contributed by atoms with Crippen molar-refractivity contribution in [2.75, 3.05) is 6.54 Å². The van der Waals surface area contributed by atoms with Crippen molar-refractivity contribution in [2.45, 2.75) is 58.8 Å². The normalized spacial score (nSPS) is 21.3. The van der Waals surface area contributed by atoms with Crippen LogP contribution in [0.5, 0.6) is 0 Å². The number of hydrogen-bond donors (Lipinski definition) is 1. The molecule has 0 spiro atoms. The molecule has 0 radical (unpaired) electrons. The van der Waals surface area contributed by atoms with Crippen molar-refractivity contribution < 1.29 is 0 Å². The van der Waals surface area contributed by atoms with Gasteiger partial charge in [0.05, 0.1) is 0 Å². The van der Waals surface area contributed by atoms with Crippen molar-refractivity contribution >= 4 is 39.9 Å². The summed E-state index contributed by atoms with van der Waals surface area (Å²) in [5, 5.41) is 0. The first-order chi connectivity index (χ1) is 9.42. The molecular formula is C17H30B3N. The Bertz CT molecular complexity index is 601. The van der Waals surface area contributed by atoms with E-state index in [-0.39, 0.29) is 16.2 Å². The lowest BCUT2D eigenvalue weighted by atomic mass is 9.58. The van der Waals surface area contributed by atoms with Gasteiger partial charge in [-0.3, -0.25) is 0 Å². The number of rotatable bonds is 2. The van der Waals surface area contributed by atoms with Gasteiger partial charge >= 0.3 is 0 Å². The Hall–Kier alpha value is -0.625. The summed E-state index contributed by atoms with van der Waals surface area (Å²) in [4.78, 5) is 0. The second-order valence-electron chi connectivity index (χ2n) is 8.52. The monoisotopic (exact) mass is 281 g/mol. The van der Waals surface area contributed by atoms with Crippen LogP contribution in [0.25, 0.3) is 0 Å². The summed E-state index contributed by atoms with van der Waals surface area (Å²) < 4.78 is 0. The van der Waals surface area contributed by atoms with Gasteiger partial charge in [0.25, 0.3) is 0 Å². The van der Waals surface area contributed by atoms with Crippen molar-refractivity contribution in [3.8, 4) is 0 Å². The van der Waals surface area contributed by atoms with Crippen LogP contribution in [0.4, 0.5) is 0 Å². The number of nitrogens with two attached hydrogens (primary N) is 1. The van der Waals surface area contributed by atoms with E-state index in [1.165, 1.54) is 22.0 Å². The van der Waals surface area contributed by atoms with Crippen molar-refractivity contribution in [1.82, 2.24) is 0 Å². The van der Waals surface area contributed by atoms with Crippen LogP contribution in [0.2, 0.25) is 0 Å². The lowest BCUT2D eigenvalue weighted by Gasteiger charge is -2.45.